The van der Waals surface area contributed by atoms with Gasteiger partial charge in [0.2, 0.25) is 0 Å². The average molecular weight is 220 g/mol. The van der Waals surface area contributed by atoms with Gasteiger partial charge in [0, 0.05) is 29.2 Å². The molecule has 3 rings (SSSR count). The Kier molecular flexibility index (Phi) is 2.19. The molecule has 0 saturated heterocycles. The smallest absolute Gasteiger partial charge is 0.125 e. The van der Waals surface area contributed by atoms with Gasteiger partial charge in [0.1, 0.15) is 5.82 Å². The lowest BCUT2D eigenvalue weighted by Crippen LogP contribution is -2.37. The van der Waals surface area contributed by atoms with Gasteiger partial charge in [-0.3, -0.25) is 0 Å². The fourth-order valence-corrected chi connectivity index (χ4v) is 2.36. The van der Waals surface area contributed by atoms with Crippen LogP contribution in [0.2, 0.25) is 0 Å². The number of fused-ring (bicyclic) bond motifs is 3. The van der Waals surface area contributed by atoms with Crippen molar-refractivity contribution in [3.05, 3.63) is 35.3 Å². The third-order valence-electron chi connectivity index (χ3n) is 3.19. The number of H-pyrrole nitrogens is 1. The third-order valence-corrected chi connectivity index (χ3v) is 3.19. The monoisotopic (exact) mass is 220 g/mol. The number of nitrogens with one attached hydrogen (secondary N) is 2. The number of hydrogen-bond acceptors (Lipinski definition) is 2. The van der Waals surface area contributed by atoms with Crippen molar-refractivity contribution in [1.29, 1.82) is 0 Å². The fourth-order valence-electron chi connectivity index (χ4n) is 2.36. The summed E-state index contributed by atoms with van der Waals surface area (Å²) < 4.78 is 13.1. The van der Waals surface area contributed by atoms with E-state index in [-0.39, 0.29) is 18.5 Å². The van der Waals surface area contributed by atoms with E-state index >= 15 is 0 Å². The minimum atomic E-state index is -0.224. The Balaban J connectivity index is 2.14. The van der Waals surface area contributed by atoms with E-state index in [2.05, 4.69) is 10.3 Å². The Bertz CT molecular complexity index is 535. The lowest BCUT2D eigenvalue weighted by Gasteiger charge is -2.22. The molecule has 84 valence electrons. The van der Waals surface area contributed by atoms with Gasteiger partial charge in [0.05, 0.1) is 6.61 Å². The zero-order valence-corrected chi connectivity index (χ0v) is 8.76. The quantitative estimate of drug-likeness (QED) is 0.678. The summed E-state index contributed by atoms with van der Waals surface area (Å²) in [4.78, 5) is 3.22. The number of aliphatic hydroxyl groups is 1. The Labute approximate surface area is 92.3 Å². The Morgan fingerprint density at radius 3 is 3.12 bits per heavy atom. The highest BCUT2D eigenvalue weighted by atomic mass is 19.1. The highest BCUT2D eigenvalue weighted by Crippen LogP contribution is 2.26. The number of hydrogen-bond donors (Lipinski definition) is 3. The molecule has 16 heavy (non-hydrogen) atoms. The predicted octanol–water partition coefficient (Wildman–Crippen LogP) is 1.31. The second-order valence-electron chi connectivity index (χ2n) is 4.24. The molecule has 0 aliphatic carbocycles. The summed E-state index contributed by atoms with van der Waals surface area (Å²) in [5.74, 6) is -0.224. The molecule has 0 fully saturated rings. The molecule has 4 heteroatoms. The average Bonchev–Trinajstić information content (AvgIpc) is 2.65. The first-order valence-corrected chi connectivity index (χ1v) is 5.41. The summed E-state index contributed by atoms with van der Waals surface area (Å²) in [6, 6.07) is 4.91. The first kappa shape index (κ1) is 9.81. The fraction of sp³-hybridized carbons (Fsp3) is 0.333. The minimum absolute atomic E-state index is 0.108. The van der Waals surface area contributed by atoms with Crippen molar-refractivity contribution in [2.75, 3.05) is 6.61 Å². The summed E-state index contributed by atoms with van der Waals surface area (Å²) in [6.07, 6.45) is 0.789. The number of aromatic nitrogens is 1. The second-order valence-corrected chi connectivity index (χ2v) is 4.24. The number of benzene rings is 1. The summed E-state index contributed by atoms with van der Waals surface area (Å²) in [5, 5.41) is 13.4. The van der Waals surface area contributed by atoms with Crippen molar-refractivity contribution in [3.8, 4) is 0 Å². The van der Waals surface area contributed by atoms with Crippen molar-refractivity contribution in [1.82, 2.24) is 10.3 Å². The van der Waals surface area contributed by atoms with Crippen LogP contribution < -0.4 is 5.32 Å². The van der Waals surface area contributed by atoms with Crippen LogP contribution in [0, 0.1) is 5.82 Å². The van der Waals surface area contributed by atoms with Gasteiger partial charge < -0.3 is 15.4 Å². The molecule has 1 aromatic heterocycles. The molecule has 0 radical (unpaired) electrons. The van der Waals surface area contributed by atoms with Crippen LogP contribution in [0.1, 0.15) is 11.3 Å². The predicted molar refractivity (Wildman–Crippen MR) is 59.7 cm³/mol. The minimum Gasteiger partial charge on any atom is -0.395 e. The Morgan fingerprint density at radius 1 is 1.44 bits per heavy atom. The maximum absolute atomic E-state index is 13.1. The molecule has 2 heterocycles. The van der Waals surface area contributed by atoms with Crippen LogP contribution in [0.4, 0.5) is 4.39 Å². The molecule has 1 aliphatic rings. The maximum Gasteiger partial charge on any atom is 0.125 e. The zero-order valence-electron chi connectivity index (χ0n) is 8.76. The molecule has 0 bridgehead atoms. The van der Waals surface area contributed by atoms with Gasteiger partial charge in [0.25, 0.3) is 0 Å². The van der Waals surface area contributed by atoms with Gasteiger partial charge in [-0.05, 0) is 30.2 Å². The molecular weight excluding hydrogens is 207 g/mol. The molecular formula is C12H13FN2O. The van der Waals surface area contributed by atoms with Crippen LogP contribution in [0.25, 0.3) is 10.9 Å². The van der Waals surface area contributed by atoms with Crippen molar-refractivity contribution >= 4 is 10.9 Å². The molecule has 0 amide bonds. The first-order valence-electron chi connectivity index (χ1n) is 5.41. The van der Waals surface area contributed by atoms with Crippen LogP contribution in [0.15, 0.2) is 18.2 Å². The SMILES string of the molecule is OCC1Cc2c([nH]c3cc(F)ccc23)CN1. The molecule has 1 atom stereocenters. The molecule has 3 nitrogen and oxygen atoms in total. The molecule has 0 saturated carbocycles. The number of halogens is 1. The number of aromatic amines is 1. The summed E-state index contributed by atoms with van der Waals surface area (Å²) in [5.41, 5.74) is 3.14. The van der Waals surface area contributed by atoms with E-state index in [9.17, 15) is 4.39 Å². The topological polar surface area (TPSA) is 48.0 Å². The van der Waals surface area contributed by atoms with Gasteiger partial charge >= 0.3 is 0 Å². The molecule has 3 N–H and O–H groups in total. The second kappa shape index (κ2) is 3.57. The van der Waals surface area contributed by atoms with Gasteiger partial charge in [-0.25, -0.2) is 4.39 Å². The molecule has 1 unspecified atom stereocenters. The highest BCUT2D eigenvalue weighted by Gasteiger charge is 2.21. The van der Waals surface area contributed by atoms with Gasteiger partial charge in [0.15, 0.2) is 0 Å². The highest BCUT2D eigenvalue weighted by molar-refractivity contribution is 5.85. The van der Waals surface area contributed by atoms with Crippen molar-refractivity contribution in [3.63, 3.8) is 0 Å². The van der Waals surface area contributed by atoms with Crippen LogP contribution in [-0.4, -0.2) is 22.7 Å². The lowest BCUT2D eigenvalue weighted by molar-refractivity contribution is 0.235. The molecule has 0 spiro atoms. The van der Waals surface area contributed by atoms with Crippen LogP contribution >= 0.6 is 0 Å². The van der Waals surface area contributed by atoms with E-state index in [1.807, 2.05) is 0 Å². The maximum atomic E-state index is 13.1. The van der Waals surface area contributed by atoms with Crippen LogP contribution in [0.3, 0.4) is 0 Å². The van der Waals surface area contributed by atoms with Gasteiger partial charge in [-0.1, -0.05) is 0 Å². The zero-order chi connectivity index (χ0) is 11.1. The molecule has 1 aliphatic heterocycles. The van der Waals surface area contributed by atoms with E-state index in [1.54, 1.807) is 6.07 Å². The van der Waals surface area contributed by atoms with E-state index < -0.39 is 0 Å². The largest absolute Gasteiger partial charge is 0.395 e. The third kappa shape index (κ3) is 1.42. The molecule has 2 aromatic rings. The standard InChI is InChI=1S/C12H13FN2O/c13-7-1-2-9-10-4-8(6-16)14-5-12(10)15-11(9)3-7/h1-3,8,14-16H,4-6H2. The van der Waals surface area contributed by atoms with Gasteiger partial charge in [-0.15, -0.1) is 0 Å². The Hall–Kier alpha value is -1.39. The van der Waals surface area contributed by atoms with E-state index in [4.69, 9.17) is 5.11 Å². The van der Waals surface area contributed by atoms with Crippen molar-refractivity contribution < 1.29 is 9.50 Å². The van der Waals surface area contributed by atoms with E-state index in [0.717, 1.165) is 23.0 Å². The summed E-state index contributed by atoms with van der Waals surface area (Å²) in [7, 11) is 0. The molecule has 1 aromatic carbocycles. The van der Waals surface area contributed by atoms with Gasteiger partial charge in [-0.2, -0.15) is 0 Å². The Morgan fingerprint density at radius 2 is 2.31 bits per heavy atom. The number of aliphatic hydroxyl groups excluding tert-OH is 1. The summed E-state index contributed by atoms with van der Waals surface area (Å²) >= 11 is 0. The van der Waals surface area contributed by atoms with Crippen LogP contribution in [-0.2, 0) is 13.0 Å². The normalized spacial score (nSPS) is 20.0. The van der Waals surface area contributed by atoms with E-state index in [1.165, 1.54) is 17.7 Å². The van der Waals surface area contributed by atoms with Crippen LogP contribution in [0.5, 0.6) is 0 Å². The first-order chi connectivity index (χ1) is 7.78. The lowest BCUT2D eigenvalue weighted by atomic mass is 9.99. The number of rotatable bonds is 1. The van der Waals surface area contributed by atoms with E-state index in [0.29, 0.717) is 6.54 Å². The van der Waals surface area contributed by atoms with Crippen molar-refractivity contribution in [2.24, 2.45) is 0 Å². The summed E-state index contributed by atoms with van der Waals surface area (Å²) in [6.45, 7) is 0.837. The van der Waals surface area contributed by atoms with Crippen molar-refractivity contribution in [2.45, 2.75) is 19.0 Å².